The van der Waals surface area contributed by atoms with Gasteiger partial charge in [-0.05, 0) is 18.4 Å². The van der Waals surface area contributed by atoms with E-state index >= 15 is 0 Å². The number of rotatable bonds is 5. The summed E-state index contributed by atoms with van der Waals surface area (Å²) < 4.78 is 9.75. The fourth-order valence-electron chi connectivity index (χ4n) is 1.94. The maximum Gasteiger partial charge on any atom is 0.374 e. The number of hydrogen-bond donors (Lipinski definition) is 1. The van der Waals surface area contributed by atoms with Crippen molar-refractivity contribution < 1.29 is 13.9 Å². The summed E-state index contributed by atoms with van der Waals surface area (Å²) >= 11 is 0. The highest BCUT2D eigenvalue weighted by Gasteiger charge is 2.34. The van der Waals surface area contributed by atoms with E-state index in [4.69, 9.17) is 4.42 Å². The van der Waals surface area contributed by atoms with Crippen LogP contribution in [0, 0.1) is 5.92 Å². The van der Waals surface area contributed by atoms with Crippen molar-refractivity contribution in [3.63, 3.8) is 0 Å². The summed E-state index contributed by atoms with van der Waals surface area (Å²) in [4.78, 5) is 11.3. The molecule has 0 saturated heterocycles. The van der Waals surface area contributed by atoms with Crippen molar-refractivity contribution in [2.75, 3.05) is 7.11 Å². The standard InChI is InChI=1S/C12H17NO3/c1-3-8-6-10(8)13-7-9-4-5-16-11(9)12(14)15-2/h4-5,8,10,13H,3,6-7H2,1-2H3. The van der Waals surface area contributed by atoms with Gasteiger partial charge in [0.25, 0.3) is 0 Å². The second-order valence-electron chi connectivity index (χ2n) is 4.16. The molecule has 0 bridgehead atoms. The summed E-state index contributed by atoms with van der Waals surface area (Å²) in [6, 6.07) is 2.41. The van der Waals surface area contributed by atoms with E-state index in [-0.39, 0.29) is 0 Å². The second-order valence-corrected chi connectivity index (χ2v) is 4.16. The first kappa shape index (κ1) is 11.2. The highest BCUT2D eigenvalue weighted by Crippen LogP contribution is 2.33. The summed E-state index contributed by atoms with van der Waals surface area (Å²) in [5, 5.41) is 3.41. The van der Waals surface area contributed by atoms with Gasteiger partial charge in [-0.1, -0.05) is 13.3 Å². The summed E-state index contributed by atoms with van der Waals surface area (Å²) in [6.45, 7) is 2.87. The van der Waals surface area contributed by atoms with Crippen LogP contribution in [0.15, 0.2) is 16.7 Å². The zero-order chi connectivity index (χ0) is 11.5. The first-order chi connectivity index (χ1) is 7.76. The molecule has 1 aromatic heterocycles. The van der Waals surface area contributed by atoms with E-state index in [2.05, 4.69) is 17.0 Å². The molecule has 1 heterocycles. The second kappa shape index (κ2) is 4.70. The van der Waals surface area contributed by atoms with Gasteiger partial charge in [-0.15, -0.1) is 0 Å². The minimum Gasteiger partial charge on any atom is -0.463 e. The van der Waals surface area contributed by atoms with Crippen LogP contribution < -0.4 is 5.32 Å². The lowest BCUT2D eigenvalue weighted by Gasteiger charge is -2.03. The molecule has 4 heteroatoms. The molecule has 0 aromatic carbocycles. The minimum atomic E-state index is -0.412. The summed E-state index contributed by atoms with van der Waals surface area (Å²) in [6.07, 6.45) is 3.97. The highest BCUT2D eigenvalue weighted by atomic mass is 16.5. The smallest absolute Gasteiger partial charge is 0.374 e. The molecular weight excluding hydrogens is 206 g/mol. The van der Waals surface area contributed by atoms with Crippen LogP contribution in [-0.4, -0.2) is 19.1 Å². The van der Waals surface area contributed by atoms with Gasteiger partial charge in [-0.2, -0.15) is 0 Å². The monoisotopic (exact) mass is 223 g/mol. The van der Waals surface area contributed by atoms with Crippen LogP contribution in [0.1, 0.15) is 35.9 Å². The minimum absolute atomic E-state index is 0.309. The molecule has 1 saturated carbocycles. The van der Waals surface area contributed by atoms with Gasteiger partial charge in [0.1, 0.15) is 0 Å². The molecule has 2 atom stereocenters. The van der Waals surface area contributed by atoms with E-state index < -0.39 is 5.97 Å². The summed E-state index contributed by atoms with van der Waals surface area (Å²) in [7, 11) is 1.36. The van der Waals surface area contributed by atoms with Crippen molar-refractivity contribution in [2.45, 2.75) is 32.4 Å². The maximum absolute atomic E-state index is 11.3. The summed E-state index contributed by atoms with van der Waals surface area (Å²) in [5.74, 6) is 0.696. The zero-order valence-electron chi connectivity index (χ0n) is 9.66. The fraction of sp³-hybridized carbons (Fsp3) is 0.583. The van der Waals surface area contributed by atoms with Gasteiger partial charge < -0.3 is 14.5 Å². The van der Waals surface area contributed by atoms with E-state index in [0.717, 1.165) is 11.5 Å². The Labute approximate surface area is 95.0 Å². The Kier molecular flexibility index (Phi) is 3.29. The third kappa shape index (κ3) is 2.27. The van der Waals surface area contributed by atoms with Gasteiger partial charge in [-0.25, -0.2) is 4.79 Å². The van der Waals surface area contributed by atoms with Crippen molar-refractivity contribution in [1.29, 1.82) is 0 Å². The zero-order valence-corrected chi connectivity index (χ0v) is 9.66. The van der Waals surface area contributed by atoms with Crippen LogP contribution in [0.5, 0.6) is 0 Å². The summed E-state index contributed by atoms with van der Waals surface area (Å²) in [5.41, 5.74) is 0.869. The van der Waals surface area contributed by atoms with E-state index in [1.165, 1.54) is 26.2 Å². The number of nitrogens with one attached hydrogen (secondary N) is 1. The van der Waals surface area contributed by atoms with Gasteiger partial charge in [0.2, 0.25) is 5.76 Å². The Balaban J connectivity index is 1.89. The van der Waals surface area contributed by atoms with Crippen molar-refractivity contribution in [1.82, 2.24) is 5.32 Å². The molecular formula is C12H17NO3. The van der Waals surface area contributed by atoms with Crippen molar-refractivity contribution >= 4 is 5.97 Å². The SMILES string of the molecule is CCC1CC1NCc1ccoc1C(=O)OC. The van der Waals surface area contributed by atoms with E-state index in [1.807, 2.05) is 6.07 Å². The fourth-order valence-corrected chi connectivity index (χ4v) is 1.94. The first-order valence-electron chi connectivity index (χ1n) is 5.64. The molecule has 16 heavy (non-hydrogen) atoms. The lowest BCUT2D eigenvalue weighted by atomic mass is 10.2. The first-order valence-corrected chi connectivity index (χ1v) is 5.64. The van der Waals surface area contributed by atoms with Gasteiger partial charge in [0, 0.05) is 18.2 Å². The van der Waals surface area contributed by atoms with Gasteiger partial charge in [0.15, 0.2) is 0 Å². The van der Waals surface area contributed by atoms with E-state index in [1.54, 1.807) is 0 Å². The van der Waals surface area contributed by atoms with Crippen LogP contribution in [0.4, 0.5) is 0 Å². The molecule has 4 nitrogen and oxygen atoms in total. The number of ether oxygens (including phenoxy) is 1. The largest absolute Gasteiger partial charge is 0.463 e. The van der Waals surface area contributed by atoms with Gasteiger partial charge in [-0.3, -0.25) is 0 Å². The van der Waals surface area contributed by atoms with Crippen LogP contribution in [0.2, 0.25) is 0 Å². The van der Waals surface area contributed by atoms with Crippen LogP contribution in [0.3, 0.4) is 0 Å². The van der Waals surface area contributed by atoms with Crippen LogP contribution in [0.25, 0.3) is 0 Å². The molecule has 0 radical (unpaired) electrons. The molecule has 1 N–H and O–H groups in total. The molecule has 2 unspecified atom stereocenters. The number of furan rings is 1. The molecule has 0 spiro atoms. The molecule has 1 aliphatic carbocycles. The van der Waals surface area contributed by atoms with Crippen LogP contribution in [-0.2, 0) is 11.3 Å². The predicted molar refractivity (Wildman–Crippen MR) is 59.1 cm³/mol. The molecule has 2 rings (SSSR count). The topological polar surface area (TPSA) is 51.5 Å². The lowest BCUT2D eigenvalue weighted by Crippen LogP contribution is -2.18. The molecule has 1 fully saturated rings. The van der Waals surface area contributed by atoms with E-state index in [0.29, 0.717) is 18.3 Å². The molecule has 1 aromatic rings. The normalized spacial score (nSPS) is 23.1. The molecule has 1 aliphatic rings. The average molecular weight is 223 g/mol. The molecule has 0 aliphatic heterocycles. The van der Waals surface area contributed by atoms with Gasteiger partial charge >= 0.3 is 5.97 Å². The van der Waals surface area contributed by atoms with Crippen LogP contribution >= 0.6 is 0 Å². The Morgan fingerprint density at radius 3 is 3.12 bits per heavy atom. The van der Waals surface area contributed by atoms with E-state index in [9.17, 15) is 4.79 Å². The highest BCUT2D eigenvalue weighted by molar-refractivity contribution is 5.87. The van der Waals surface area contributed by atoms with Crippen molar-refractivity contribution in [3.05, 3.63) is 23.7 Å². The molecule has 88 valence electrons. The van der Waals surface area contributed by atoms with Gasteiger partial charge in [0.05, 0.1) is 13.4 Å². The predicted octanol–water partition coefficient (Wildman–Crippen LogP) is 1.95. The number of esters is 1. The average Bonchev–Trinajstić information content (AvgIpc) is 2.92. The number of carbonyl (C=O) groups excluding carboxylic acids is 1. The third-order valence-electron chi connectivity index (χ3n) is 3.12. The third-order valence-corrected chi connectivity index (χ3v) is 3.12. The Bertz CT molecular complexity index is 372. The Hall–Kier alpha value is -1.29. The Morgan fingerprint density at radius 2 is 2.50 bits per heavy atom. The quantitative estimate of drug-likeness (QED) is 0.775. The number of methoxy groups -OCH3 is 1. The maximum atomic E-state index is 11.3. The van der Waals surface area contributed by atoms with Crippen molar-refractivity contribution in [3.8, 4) is 0 Å². The van der Waals surface area contributed by atoms with Crippen molar-refractivity contribution in [2.24, 2.45) is 5.92 Å². The molecule has 0 amide bonds. The number of carbonyl (C=O) groups is 1. The number of hydrogen-bond acceptors (Lipinski definition) is 4. The Morgan fingerprint density at radius 1 is 1.69 bits per heavy atom. The lowest BCUT2D eigenvalue weighted by molar-refractivity contribution is 0.0563.